The molecule has 3 rings (SSSR count). The molecular formula is C26H29BFN3O4. The number of halogens is 1. The maximum Gasteiger partial charge on any atom is 0.475 e. The van der Waals surface area contributed by atoms with Gasteiger partial charge in [-0.1, -0.05) is 48.1 Å². The summed E-state index contributed by atoms with van der Waals surface area (Å²) in [5.41, 5.74) is 3.23. The van der Waals surface area contributed by atoms with Crippen LogP contribution >= 0.6 is 0 Å². The van der Waals surface area contributed by atoms with Crippen LogP contribution in [0.2, 0.25) is 0 Å². The van der Waals surface area contributed by atoms with E-state index in [4.69, 9.17) is 4.74 Å². The lowest BCUT2D eigenvalue weighted by atomic mass is 9.76. The second-order valence-electron chi connectivity index (χ2n) is 8.45. The van der Waals surface area contributed by atoms with Crippen LogP contribution in [0.4, 0.5) is 9.18 Å². The molecule has 0 aliphatic heterocycles. The zero-order chi connectivity index (χ0) is 25.0. The Hall–Kier alpha value is -3.48. The number of hydrogen-bond acceptors (Lipinski definition) is 6. The van der Waals surface area contributed by atoms with Crippen molar-refractivity contribution in [3.8, 4) is 6.07 Å². The summed E-state index contributed by atoms with van der Waals surface area (Å²) in [7, 11) is -1.72. The number of ether oxygens (including phenoxy) is 1. The van der Waals surface area contributed by atoms with Crippen molar-refractivity contribution in [2.45, 2.75) is 50.4 Å². The van der Waals surface area contributed by atoms with Crippen LogP contribution in [0.3, 0.4) is 0 Å². The van der Waals surface area contributed by atoms with Crippen molar-refractivity contribution >= 4 is 13.2 Å². The number of amides is 1. The van der Waals surface area contributed by atoms with E-state index in [0.717, 1.165) is 29.6 Å². The molecule has 1 amide bonds. The molecule has 1 heterocycles. The van der Waals surface area contributed by atoms with Gasteiger partial charge in [-0.3, -0.25) is 4.98 Å². The fourth-order valence-electron chi connectivity index (χ4n) is 4.01. The molecule has 9 heteroatoms. The molecule has 3 N–H and O–H groups in total. The zero-order valence-electron chi connectivity index (χ0n) is 19.4. The first kappa shape index (κ1) is 26.1. The first-order chi connectivity index (χ1) is 17.0. The Bertz CT molecular complexity index is 1090. The molecule has 0 fully saturated rings. The predicted octanol–water partition coefficient (Wildman–Crippen LogP) is 3.99. The van der Waals surface area contributed by atoms with Gasteiger partial charge in [0.1, 0.15) is 5.82 Å². The molecule has 0 radical (unpaired) electrons. The van der Waals surface area contributed by atoms with E-state index in [0.29, 0.717) is 19.3 Å². The number of hydrogen-bond donors (Lipinski definition) is 3. The highest BCUT2D eigenvalue weighted by atomic mass is 19.1. The van der Waals surface area contributed by atoms with Crippen molar-refractivity contribution in [2.24, 2.45) is 0 Å². The smallest absolute Gasteiger partial charge is 0.449 e. The van der Waals surface area contributed by atoms with Crippen molar-refractivity contribution in [2.75, 3.05) is 6.61 Å². The Labute approximate surface area is 205 Å². The third kappa shape index (κ3) is 8.35. The molecule has 2 aromatic rings. The van der Waals surface area contributed by atoms with Gasteiger partial charge in [0.15, 0.2) is 0 Å². The number of carbonyl (C=O) groups excluding carboxylic acids is 1. The van der Waals surface area contributed by atoms with E-state index in [9.17, 15) is 24.5 Å². The monoisotopic (exact) mass is 477 g/mol. The Balaban J connectivity index is 1.45. The van der Waals surface area contributed by atoms with E-state index in [2.05, 4.69) is 22.4 Å². The Morgan fingerprint density at radius 2 is 2.03 bits per heavy atom. The average molecular weight is 477 g/mol. The van der Waals surface area contributed by atoms with E-state index in [1.54, 1.807) is 0 Å². The van der Waals surface area contributed by atoms with Crippen LogP contribution < -0.4 is 5.32 Å². The summed E-state index contributed by atoms with van der Waals surface area (Å²) in [6.07, 6.45) is 8.53. The lowest BCUT2D eigenvalue weighted by molar-refractivity contribution is 0.144. The van der Waals surface area contributed by atoms with Gasteiger partial charge in [0.2, 0.25) is 0 Å². The highest BCUT2D eigenvalue weighted by molar-refractivity contribution is 6.43. The van der Waals surface area contributed by atoms with E-state index in [1.165, 1.54) is 18.3 Å². The first-order valence-corrected chi connectivity index (χ1v) is 11.7. The lowest BCUT2D eigenvalue weighted by Crippen LogP contribution is -2.48. The number of allylic oxidation sites excluding steroid dienone is 3. The zero-order valence-corrected chi connectivity index (χ0v) is 19.4. The summed E-state index contributed by atoms with van der Waals surface area (Å²) in [6.45, 7) is 0.140. The summed E-state index contributed by atoms with van der Waals surface area (Å²) >= 11 is 0. The summed E-state index contributed by atoms with van der Waals surface area (Å²) in [4.78, 5) is 16.2. The van der Waals surface area contributed by atoms with Crippen molar-refractivity contribution < 1.29 is 24.0 Å². The number of nitrogens with zero attached hydrogens (tertiary/aromatic N) is 2. The molecule has 0 spiro atoms. The standard InChI is InChI=1S/C26H29BFN3O4/c28-23-10-5-14-30-25(23)22(18-29)12-11-20-8-4-9-21(16-20)13-15-35-26(32)31-24(27(33)34)17-19-6-2-1-3-7-19/h1-3,5-7,9-10,14,16,22,24,33-34H,4,8,11-13,15,17H2,(H,31,32)/t22?,24-/m0/s1. The summed E-state index contributed by atoms with van der Waals surface area (Å²) in [5, 5.41) is 31.2. The number of aromatic nitrogens is 1. The van der Waals surface area contributed by atoms with E-state index in [-0.39, 0.29) is 18.7 Å². The molecule has 1 unspecified atom stereocenters. The summed E-state index contributed by atoms with van der Waals surface area (Å²) < 4.78 is 19.2. The van der Waals surface area contributed by atoms with Gasteiger partial charge in [0.25, 0.3) is 0 Å². The molecule has 1 aromatic carbocycles. The van der Waals surface area contributed by atoms with Crippen LogP contribution in [0.25, 0.3) is 0 Å². The molecule has 0 bridgehead atoms. The normalized spacial score (nSPS) is 14.7. The van der Waals surface area contributed by atoms with Gasteiger partial charge in [0.05, 0.1) is 30.2 Å². The molecule has 0 saturated heterocycles. The number of alkyl carbamates (subject to hydrolysis) is 1. The Morgan fingerprint density at radius 3 is 2.74 bits per heavy atom. The van der Waals surface area contributed by atoms with Crippen LogP contribution in [0.15, 0.2) is 72.0 Å². The molecule has 1 aliphatic rings. The summed E-state index contributed by atoms with van der Waals surface area (Å²) in [6, 6.07) is 14.2. The maximum atomic E-state index is 14.0. The number of nitriles is 1. The minimum Gasteiger partial charge on any atom is -0.449 e. The predicted molar refractivity (Wildman–Crippen MR) is 130 cm³/mol. The molecule has 2 atom stereocenters. The van der Waals surface area contributed by atoms with Crippen LogP contribution in [0, 0.1) is 17.1 Å². The molecule has 1 aromatic heterocycles. The van der Waals surface area contributed by atoms with Gasteiger partial charge in [-0.25, -0.2) is 9.18 Å². The number of pyridine rings is 1. The minimum absolute atomic E-state index is 0.140. The topological polar surface area (TPSA) is 115 Å². The number of rotatable bonds is 11. The Morgan fingerprint density at radius 1 is 1.23 bits per heavy atom. The fraction of sp³-hybridized carbons (Fsp3) is 0.346. The van der Waals surface area contributed by atoms with Gasteiger partial charge in [0, 0.05) is 12.6 Å². The van der Waals surface area contributed by atoms with Crippen molar-refractivity contribution in [3.05, 3.63) is 89.0 Å². The quantitative estimate of drug-likeness (QED) is 0.422. The number of benzene rings is 1. The van der Waals surface area contributed by atoms with Crippen molar-refractivity contribution in [1.29, 1.82) is 5.26 Å². The van der Waals surface area contributed by atoms with Gasteiger partial charge in [-0.2, -0.15) is 5.26 Å². The first-order valence-electron chi connectivity index (χ1n) is 11.7. The summed E-state index contributed by atoms with van der Waals surface area (Å²) in [5.74, 6) is -1.96. The largest absolute Gasteiger partial charge is 0.475 e. The van der Waals surface area contributed by atoms with Crippen LogP contribution in [-0.2, 0) is 11.2 Å². The molecule has 182 valence electrons. The van der Waals surface area contributed by atoms with Crippen LogP contribution in [0.5, 0.6) is 0 Å². The highest BCUT2D eigenvalue weighted by Crippen LogP contribution is 2.28. The fourth-order valence-corrected chi connectivity index (χ4v) is 4.01. The van der Waals surface area contributed by atoms with E-state index < -0.39 is 30.9 Å². The third-order valence-corrected chi connectivity index (χ3v) is 5.87. The third-order valence-electron chi connectivity index (χ3n) is 5.87. The molecule has 7 nitrogen and oxygen atoms in total. The van der Waals surface area contributed by atoms with Crippen molar-refractivity contribution in [3.63, 3.8) is 0 Å². The van der Waals surface area contributed by atoms with Gasteiger partial charge in [-0.05, 0) is 55.4 Å². The molecule has 0 saturated carbocycles. The lowest BCUT2D eigenvalue weighted by Gasteiger charge is -2.18. The maximum absolute atomic E-state index is 14.0. The molecule has 1 aliphatic carbocycles. The minimum atomic E-state index is -1.72. The number of nitrogens with one attached hydrogen (secondary N) is 1. The van der Waals surface area contributed by atoms with Crippen LogP contribution in [-0.4, -0.2) is 40.8 Å². The highest BCUT2D eigenvalue weighted by Gasteiger charge is 2.26. The van der Waals surface area contributed by atoms with Gasteiger partial charge in [-0.15, -0.1) is 0 Å². The molecular weight excluding hydrogens is 448 g/mol. The van der Waals surface area contributed by atoms with Gasteiger partial charge < -0.3 is 20.1 Å². The van der Waals surface area contributed by atoms with Crippen molar-refractivity contribution in [1.82, 2.24) is 10.3 Å². The second kappa shape index (κ2) is 13.4. The average Bonchev–Trinajstić information content (AvgIpc) is 2.86. The van der Waals surface area contributed by atoms with E-state index >= 15 is 0 Å². The SMILES string of the molecule is N#CC(CCC1=CC(CCOC(=O)N[C@@H](Cc2ccccc2)B(O)O)=CCC1)c1ncccc1F. The van der Waals surface area contributed by atoms with E-state index in [1.807, 2.05) is 36.4 Å². The second-order valence-corrected chi connectivity index (χ2v) is 8.45. The van der Waals surface area contributed by atoms with Gasteiger partial charge >= 0.3 is 13.2 Å². The molecule has 35 heavy (non-hydrogen) atoms. The number of carbonyl (C=O) groups is 1. The van der Waals surface area contributed by atoms with Crippen LogP contribution in [0.1, 0.15) is 49.3 Å². The Kier molecular flexibility index (Phi) is 10.0.